The van der Waals surface area contributed by atoms with Crippen LogP contribution in [-0.2, 0) is 10.1 Å². The Morgan fingerprint density at radius 1 is 1.53 bits per heavy atom. The Labute approximate surface area is 103 Å². The first-order valence-corrected chi connectivity index (χ1v) is 6.62. The molecule has 2 amide bonds. The Bertz CT molecular complexity index is 314. The van der Waals surface area contributed by atoms with E-state index in [1.54, 1.807) is 0 Å². The van der Waals surface area contributed by atoms with Gasteiger partial charge in [0.2, 0.25) is 0 Å². The molecule has 3 N–H and O–H groups in total. The summed E-state index contributed by atoms with van der Waals surface area (Å²) in [6, 6.07) is -0.653. The Balaban J connectivity index is 0. The minimum Gasteiger partial charge on any atom is -0.395 e. The minimum absolute atomic E-state index is 0.0579. The Kier molecular flexibility index (Phi) is 11.0. The van der Waals surface area contributed by atoms with Gasteiger partial charge in [-0.05, 0) is 0 Å². The van der Waals surface area contributed by atoms with Gasteiger partial charge in [0.15, 0.2) is 0 Å². The summed E-state index contributed by atoms with van der Waals surface area (Å²) in [6.07, 6.45) is 0.715. The largest absolute Gasteiger partial charge is 0.395 e. The summed E-state index contributed by atoms with van der Waals surface area (Å²) in [5.41, 5.74) is 0. The van der Waals surface area contributed by atoms with Crippen molar-refractivity contribution in [3.8, 4) is 0 Å². The standard InChI is InChI=1S/C5H10ClN3O3.CH4O3S/c6-1-3-9(8-12)5(11)7-2-4-10;1-5(2,3)4/h10H,1-4H2,(H,7,11);1H3,(H,2,3,4). The highest BCUT2D eigenvalue weighted by Crippen LogP contribution is 1.90. The van der Waals surface area contributed by atoms with Crippen LogP contribution in [0.15, 0.2) is 5.29 Å². The first-order chi connectivity index (χ1) is 7.76. The van der Waals surface area contributed by atoms with E-state index in [4.69, 9.17) is 21.3 Å². The Hall–Kier alpha value is -0.970. The summed E-state index contributed by atoms with van der Waals surface area (Å²) in [5, 5.41) is 13.7. The molecule has 0 radical (unpaired) electrons. The van der Waals surface area contributed by atoms with E-state index in [1.165, 1.54) is 0 Å². The number of urea groups is 1. The second-order valence-corrected chi connectivity index (χ2v) is 4.43. The predicted molar refractivity (Wildman–Crippen MR) is 61.2 cm³/mol. The highest BCUT2D eigenvalue weighted by Gasteiger charge is 2.11. The first-order valence-electron chi connectivity index (χ1n) is 4.24. The maximum Gasteiger partial charge on any atom is 0.340 e. The molecule has 0 heterocycles. The number of hydrogen-bond donors (Lipinski definition) is 3. The van der Waals surface area contributed by atoms with Gasteiger partial charge in [0.05, 0.1) is 24.7 Å². The molecule has 0 aliphatic heterocycles. The van der Waals surface area contributed by atoms with Crippen molar-refractivity contribution in [3.63, 3.8) is 0 Å². The van der Waals surface area contributed by atoms with Gasteiger partial charge in [0.25, 0.3) is 10.1 Å². The maximum atomic E-state index is 10.9. The van der Waals surface area contributed by atoms with E-state index >= 15 is 0 Å². The van der Waals surface area contributed by atoms with Gasteiger partial charge in [0.1, 0.15) is 0 Å². The number of nitroso groups, excluding NO2 is 1. The zero-order chi connectivity index (χ0) is 13.9. The second kappa shape index (κ2) is 10.2. The monoisotopic (exact) mass is 291 g/mol. The van der Waals surface area contributed by atoms with Gasteiger partial charge in [-0.15, -0.1) is 16.5 Å². The lowest BCUT2D eigenvalue weighted by Gasteiger charge is -2.11. The summed E-state index contributed by atoms with van der Waals surface area (Å²) in [5.74, 6) is 0.137. The van der Waals surface area contributed by atoms with Gasteiger partial charge in [-0.25, -0.2) is 4.79 Å². The molecule has 0 aliphatic carbocycles. The number of amides is 2. The third-order valence-electron chi connectivity index (χ3n) is 1.02. The van der Waals surface area contributed by atoms with Crippen LogP contribution in [0.25, 0.3) is 0 Å². The van der Waals surface area contributed by atoms with Crippen LogP contribution in [0.5, 0.6) is 0 Å². The fourth-order valence-corrected chi connectivity index (χ4v) is 0.674. The summed E-state index contributed by atoms with van der Waals surface area (Å²) in [7, 11) is -3.67. The molecule has 0 atom stereocenters. The zero-order valence-corrected chi connectivity index (χ0v) is 10.6. The average Bonchev–Trinajstić information content (AvgIpc) is 2.20. The van der Waals surface area contributed by atoms with Crippen molar-refractivity contribution < 1.29 is 22.9 Å². The summed E-state index contributed by atoms with van der Waals surface area (Å²) < 4.78 is 25.9. The number of nitrogens with one attached hydrogen (secondary N) is 1. The normalized spacial score (nSPS) is 9.88. The van der Waals surface area contributed by atoms with Gasteiger partial charge in [0, 0.05) is 12.4 Å². The van der Waals surface area contributed by atoms with Crippen LogP contribution >= 0.6 is 11.6 Å². The van der Waals surface area contributed by atoms with Gasteiger partial charge in [-0.2, -0.15) is 13.4 Å². The van der Waals surface area contributed by atoms with Crippen LogP contribution in [0.3, 0.4) is 0 Å². The predicted octanol–water partition coefficient (Wildman–Crippen LogP) is -0.585. The molecule has 0 aromatic heterocycles. The number of nitrogens with zero attached hydrogens (tertiary/aromatic N) is 2. The second-order valence-electron chi connectivity index (χ2n) is 2.58. The van der Waals surface area contributed by atoms with E-state index in [9.17, 15) is 18.1 Å². The van der Waals surface area contributed by atoms with Crippen LogP contribution in [-0.4, -0.2) is 60.9 Å². The molecule has 9 nitrogen and oxygen atoms in total. The molecule has 0 aromatic rings. The van der Waals surface area contributed by atoms with Crippen molar-refractivity contribution in [1.29, 1.82) is 0 Å². The maximum absolute atomic E-state index is 10.9. The summed E-state index contributed by atoms with van der Waals surface area (Å²) >= 11 is 5.28. The molecule has 17 heavy (non-hydrogen) atoms. The lowest BCUT2D eigenvalue weighted by molar-refractivity contribution is 0.197. The SMILES string of the molecule is CS(=O)(=O)O.O=NN(CCCl)C(=O)NCCO. The quantitative estimate of drug-likeness (QED) is 0.268. The molecule has 0 aromatic carbocycles. The molecule has 0 spiro atoms. The highest BCUT2D eigenvalue weighted by atomic mass is 35.5. The van der Waals surface area contributed by atoms with E-state index in [2.05, 4.69) is 10.6 Å². The molecule has 0 rings (SSSR count). The van der Waals surface area contributed by atoms with Crippen LogP contribution in [0.1, 0.15) is 0 Å². The number of alkyl halides is 1. The van der Waals surface area contributed by atoms with Crippen molar-refractivity contribution in [3.05, 3.63) is 4.91 Å². The molecule has 0 bridgehead atoms. The smallest absolute Gasteiger partial charge is 0.340 e. The topological polar surface area (TPSA) is 136 Å². The van der Waals surface area contributed by atoms with E-state index in [-0.39, 0.29) is 25.6 Å². The molecular weight excluding hydrogens is 278 g/mol. The van der Waals surface area contributed by atoms with Crippen molar-refractivity contribution in [2.45, 2.75) is 0 Å². The van der Waals surface area contributed by atoms with E-state index in [1.807, 2.05) is 0 Å². The van der Waals surface area contributed by atoms with E-state index in [0.29, 0.717) is 11.3 Å². The highest BCUT2D eigenvalue weighted by molar-refractivity contribution is 7.85. The van der Waals surface area contributed by atoms with E-state index in [0.717, 1.165) is 0 Å². The zero-order valence-electron chi connectivity index (χ0n) is 9.04. The van der Waals surface area contributed by atoms with Gasteiger partial charge >= 0.3 is 6.03 Å². The van der Waals surface area contributed by atoms with Gasteiger partial charge in [-0.3, -0.25) is 4.55 Å². The molecule has 0 unspecified atom stereocenters. The van der Waals surface area contributed by atoms with Crippen LogP contribution < -0.4 is 5.32 Å². The van der Waals surface area contributed by atoms with Crippen molar-refractivity contribution in [2.75, 3.05) is 31.8 Å². The lowest BCUT2D eigenvalue weighted by Crippen LogP contribution is -2.38. The first kappa shape index (κ1) is 18.4. The molecule has 0 fully saturated rings. The van der Waals surface area contributed by atoms with Crippen molar-refractivity contribution in [2.24, 2.45) is 5.29 Å². The van der Waals surface area contributed by atoms with Gasteiger partial charge < -0.3 is 10.4 Å². The number of rotatable bonds is 5. The average molecular weight is 292 g/mol. The molecule has 0 saturated heterocycles. The van der Waals surface area contributed by atoms with Crippen LogP contribution in [0, 0.1) is 4.91 Å². The lowest BCUT2D eigenvalue weighted by atomic mass is 10.6. The number of hydrogen-bond acceptors (Lipinski definition) is 6. The number of carbonyl (C=O) groups is 1. The third kappa shape index (κ3) is 17.6. The molecule has 0 saturated carbocycles. The Morgan fingerprint density at radius 2 is 2.00 bits per heavy atom. The summed E-state index contributed by atoms with van der Waals surface area (Å²) in [6.45, 7) is -0.0330. The van der Waals surface area contributed by atoms with Crippen molar-refractivity contribution in [1.82, 2.24) is 10.3 Å². The third-order valence-corrected chi connectivity index (χ3v) is 1.19. The molecule has 0 aliphatic rings. The van der Waals surface area contributed by atoms with Crippen LogP contribution in [0.4, 0.5) is 4.79 Å². The number of aliphatic hydroxyl groups is 1. The summed E-state index contributed by atoms with van der Waals surface area (Å²) in [4.78, 5) is 20.9. The van der Waals surface area contributed by atoms with Crippen molar-refractivity contribution >= 4 is 27.8 Å². The van der Waals surface area contributed by atoms with Crippen LogP contribution in [0.2, 0.25) is 0 Å². The Morgan fingerprint density at radius 3 is 2.29 bits per heavy atom. The molecule has 11 heteroatoms. The number of aliphatic hydroxyl groups excluding tert-OH is 1. The number of halogens is 1. The number of carbonyl (C=O) groups excluding carboxylic acids is 1. The fraction of sp³-hybridized carbons (Fsp3) is 0.833. The fourth-order valence-electron chi connectivity index (χ4n) is 0.514. The van der Waals surface area contributed by atoms with E-state index < -0.39 is 16.1 Å². The minimum atomic E-state index is -3.67. The molecular formula is C6H14ClN3O6S. The molecule has 102 valence electrons. The van der Waals surface area contributed by atoms with Gasteiger partial charge in [-0.1, -0.05) is 0 Å².